The van der Waals surface area contributed by atoms with Crippen LogP contribution < -0.4 is 5.32 Å². The van der Waals surface area contributed by atoms with E-state index in [0.717, 1.165) is 24.2 Å². The van der Waals surface area contributed by atoms with Gasteiger partial charge in [0.25, 0.3) is 0 Å². The number of aliphatic hydroxyl groups is 1. The normalized spacial score (nSPS) is 17.0. The fraction of sp³-hybridized carbons (Fsp3) is 0.412. The third-order valence-corrected chi connectivity index (χ3v) is 4.09. The summed E-state index contributed by atoms with van der Waals surface area (Å²) in [6, 6.07) is 11.5. The molecular formula is C17H20ClN3O. The second-order valence-electron chi connectivity index (χ2n) is 5.90. The molecule has 1 aliphatic carbocycles. The van der Waals surface area contributed by atoms with E-state index in [1.165, 1.54) is 0 Å². The molecule has 1 heterocycles. The number of anilines is 1. The zero-order chi connectivity index (χ0) is 15.5. The van der Waals surface area contributed by atoms with Gasteiger partial charge in [0.2, 0.25) is 0 Å². The summed E-state index contributed by atoms with van der Waals surface area (Å²) in [4.78, 5) is 8.77. The van der Waals surface area contributed by atoms with Crippen LogP contribution in [0.15, 0.2) is 36.4 Å². The van der Waals surface area contributed by atoms with Gasteiger partial charge < -0.3 is 10.4 Å². The zero-order valence-electron chi connectivity index (χ0n) is 12.5. The highest BCUT2D eigenvalue weighted by Crippen LogP contribution is 2.38. The lowest BCUT2D eigenvalue weighted by molar-refractivity contribution is 0.158. The maximum atomic E-state index is 10.4. The molecule has 2 atom stereocenters. The van der Waals surface area contributed by atoms with Crippen molar-refractivity contribution in [1.82, 2.24) is 9.97 Å². The summed E-state index contributed by atoms with van der Waals surface area (Å²) in [6.45, 7) is 1.94. The lowest BCUT2D eigenvalue weighted by Crippen LogP contribution is -2.32. The SMILES string of the molecule is CC(Nc1cc(Cl)nc(C2CC2)n1)C(O)Cc1ccccc1. The summed E-state index contributed by atoms with van der Waals surface area (Å²) in [7, 11) is 0. The number of halogens is 1. The van der Waals surface area contributed by atoms with Crippen molar-refractivity contribution in [2.24, 2.45) is 0 Å². The Labute approximate surface area is 135 Å². The predicted molar refractivity (Wildman–Crippen MR) is 88.3 cm³/mol. The fourth-order valence-corrected chi connectivity index (χ4v) is 2.59. The van der Waals surface area contributed by atoms with E-state index in [1.807, 2.05) is 37.3 Å². The van der Waals surface area contributed by atoms with Crippen molar-refractivity contribution in [3.63, 3.8) is 0 Å². The van der Waals surface area contributed by atoms with Crippen molar-refractivity contribution in [2.75, 3.05) is 5.32 Å². The lowest BCUT2D eigenvalue weighted by Gasteiger charge is -2.21. The van der Waals surface area contributed by atoms with Crippen LogP contribution in [0.2, 0.25) is 5.15 Å². The third-order valence-electron chi connectivity index (χ3n) is 3.90. The van der Waals surface area contributed by atoms with Crippen molar-refractivity contribution in [2.45, 2.75) is 44.2 Å². The van der Waals surface area contributed by atoms with Crippen LogP contribution in [0.1, 0.15) is 37.1 Å². The first kappa shape index (κ1) is 15.3. The van der Waals surface area contributed by atoms with E-state index in [1.54, 1.807) is 6.07 Å². The highest BCUT2D eigenvalue weighted by molar-refractivity contribution is 6.29. The Morgan fingerprint density at radius 2 is 2.00 bits per heavy atom. The first-order chi connectivity index (χ1) is 10.6. The second-order valence-corrected chi connectivity index (χ2v) is 6.29. The number of aliphatic hydroxyl groups excluding tert-OH is 1. The molecule has 1 aliphatic rings. The zero-order valence-corrected chi connectivity index (χ0v) is 13.3. The molecule has 2 unspecified atom stereocenters. The minimum atomic E-state index is -0.500. The van der Waals surface area contributed by atoms with Crippen LogP contribution in [0.3, 0.4) is 0 Å². The van der Waals surface area contributed by atoms with E-state index in [9.17, 15) is 5.11 Å². The van der Waals surface area contributed by atoms with E-state index in [0.29, 0.717) is 23.3 Å². The molecule has 1 aromatic carbocycles. The molecule has 22 heavy (non-hydrogen) atoms. The average Bonchev–Trinajstić information content (AvgIpc) is 3.32. The van der Waals surface area contributed by atoms with Gasteiger partial charge in [-0.2, -0.15) is 0 Å². The highest BCUT2D eigenvalue weighted by Gasteiger charge is 2.27. The van der Waals surface area contributed by atoms with Gasteiger partial charge in [-0.3, -0.25) is 0 Å². The third kappa shape index (κ3) is 3.96. The van der Waals surface area contributed by atoms with Crippen molar-refractivity contribution in [3.8, 4) is 0 Å². The van der Waals surface area contributed by atoms with Gasteiger partial charge in [-0.15, -0.1) is 0 Å². The molecule has 1 fully saturated rings. The molecule has 3 rings (SSSR count). The smallest absolute Gasteiger partial charge is 0.135 e. The molecule has 5 heteroatoms. The van der Waals surface area contributed by atoms with Gasteiger partial charge in [0, 0.05) is 18.4 Å². The average molecular weight is 318 g/mol. The Kier molecular flexibility index (Phi) is 4.60. The molecule has 0 bridgehead atoms. The number of rotatable bonds is 6. The highest BCUT2D eigenvalue weighted by atomic mass is 35.5. The molecule has 116 valence electrons. The van der Waals surface area contributed by atoms with Crippen LogP contribution in [-0.4, -0.2) is 27.2 Å². The molecule has 0 radical (unpaired) electrons. The number of nitrogens with zero attached hydrogens (tertiary/aromatic N) is 2. The van der Waals surface area contributed by atoms with Gasteiger partial charge in [-0.05, 0) is 25.3 Å². The first-order valence-electron chi connectivity index (χ1n) is 7.65. The van der Waals surface area contributed by atoms with Crippen molar-refractivity contribution < 1.29 is 5.11 Å². The summed E-state index contributed by atoms with van der Waals surface area (Å²) in [5.41, 5.74) is 1.11. The van der Waals surface area contributed by atoms with Crippen LogP contribution >= 0.6 is 11.6 Å². The van der Waals surface area contributed by atoms with E-state index in [4.69, 9.17) is 11.6 Å². The number of hydrogen-bond donors (Lipinski definition) is 2. The Bertz CT molecular complexity index is 631. The first-order valence-corrected chi connectivity index (χ1v) is 8.02. The van der Waals surface area contributed by atoms with Gasteiger partial charge in [-0.25, -0.2) is 9.97 Å². The van der Waals surface area contributed by atoms with Crippen LogP contribution in [0.5, 0.6) is 0 Å². The predicted octanol–water partition coefficient (Wildman–Crippen LogP) is 3.41. The van der Waals surface area contributed by atoms with Crippen LogP contribution in [0.4, 0.5) is 5.82 Å². The Morgan fingerprint density at radius 1 is 1.27 bits per heavy atom. The number of benzene rings is 1. The number of aromatic nitrogens is 2. The Balaban J connectivity index is 1.64. The molecule has 1 saturated carbocycles. The molecule has 4 nitrogen and oxygen atoms in total. The topological polar surface area (TPSA) is 58.0 Å². The molecule has 0 amide bonds. The number of nitrogens with one attached hydrogen (secondary N) is 1. The minimum Gasteiger partial charge on any atom is -0.391 e. The molecular weight excluding hydrogens is 298 g/mol. The largest absolute Gasteiger partial charge is 0.391 e. The van der Waals surface area contributed by atoms with Gasteiger partial charge in [0.05, 0.1) is 12.1 Å². The van der Waals surface area contributed by atoms with Crippen LogP contribution in [0.25, 0.3) is 0 Å². The maximum Gasteiger partial charge on any atom is 0.135 e. The van der Waals surface area contributed by atoms with Gasteiger partial charge in [0.1, 0.15) is 16.8 Å². The molecule has 0 aliphatic heterocycles. The molecule has 0 spiro atoms. The van der Waals surface area contributed by atoms with E-state index >= 15 is 0 Å². The van der Waals surface area contributed by atoms with E-state index in [-0.39, 0.29) is 6.04 Å². The monoisotopic (exact) mass is 317 g/mol. The standard InChI is InChI=1S/C17H20ClN3O/c1-11(14(22)9-12-5-3-2-4-6-12)19-16-10-15(18)20-17(21-16)13-7-8-13/h2-6,10-11,13-14,22H,7-9H2,1H3,(H,19,20,21). The quantitative estimate of drug-likeness (QED) is 0.802. The molecule has 2 aromatic rings. The maximum absolute atomic E-state index is 10.4. The summed E-state index contributed by atoms with van der Waals surface area (Å²) in [5, 5.41) is 14.0. The molecule has 0 saturated heterocycles. The fourth-order valence-electron chi connectivity index (χ4n) is 2.40. The van der Waals surface area contributed by atoms with Crippen LogP contribution in [0, 0.1) is 0 Å². The van der Waals surface area contributed by atoms with E-state index in [2.05, 4.69) is 15.3 Å². The Morgan fingerprint density at radius 3 is 2.68 bits per heavy atom. The summed E-state index contributed by atoms with van der Waals surface area (Å²) in [5.74, 6) is 1.94. The molecule has 2 N–H and O–H groups in total. The van der Waals surface area contributed by atoms with Gasteiger partial charge >= 0.3 is 0 Å². The summed E-state index contributed by atoms with van der Waals surface area (Å²) in [6.07, 6.45) is 2.36. The Hall–Kier alpha value is -1.65. The second kappa shape index (κ2) is 6.63. The van der Waals surface area contributed by atoms with Crippen molar-refractivity contribution in [1.29, 1.82) is 0 Å². The lowest BCUT2D eigenvalue weighted by atomic mass is 10.0. The minimum absolute atomic E-state index is 0.127. The van der Waals surface area contributed by atoms with Gasteiger partial charge in [0.15, 0.2) is 0 Å². The van der Waals surface area contributed by atoms with Crippen molar-refractivity contribution in [3.05, 3.63) is 52.9 Å². The summed E-state index contributed by atoms with van der Waals surface area (Å²) >= 11 is 6.06. The van der Waals surface area contributed by atoms with Crippen LogP contribution in [-0.2, 0) is 6.42 Å². The van der Waals surface area contributed by atoms with Gasteiger partial charge in [-0.1, -0.05) is 41.9 Å². The summed E-state index contributed by atoms with van der Waals surface area (Å²) < 4.78 is 0. The number of hydrogen-bond acceptors (Lipinski definition) is 4. The van der Waals surface area contributed by atoms with Crippen molar-refractivity contribution >= 4 is 17.4 Å². The molecule has 1 aromatic heterocycles. The van der Waals surface area contributed by atoms with E-state index < -0.39 is 6.10 Å².